The van der Waals surface area contributed by atoms with Crippen LogP contribution in [0.4, 0.5) is 5.69 Å². The van der Waals surface area contributed by atoms with Crippen molar-refractivity contribution in [3.8, 4) is 0 Å². The molecule has 8 heteroatoms. The van der Waals surface area contributed by atoms with Crippen molar-refractivity contribution < 1.29 is 9.21 Å². The molecule has 0 spiro atoms. The molecule has 1 N–H and O–H groups in total. The average molecular weight is 440 g/mol. The van der Waals surface area contributed by atoms with Gasteiger partial charge in [-0.3, -0.25) is 14.2 Å². The monoisotopic (exact) mass is 439 g/mol. The summed E-state index contributed by atoms with van der Waals surface area (Å²) in [5.41, 5.74) is 1.02. The number of nitrogens with one attached hydrogen (secondary N) is 1. The Balaban J connectivity index is 1.48. The molecule has 0 saturated heterocycles. The normalized spacial score (nSPS) is 11.0. The van der Waals surface area contributed by atoms with E-state index in [1.807, 2.05) is 6.07 Å². The van der Waals surface area contributed by atoms with Gasteiger partial charge in [0.2, 0.25) is 5.91 Å². The number of nitrogens with zero attached hydrogens (tertiary/aromatic N) is 2. The lowest BCUT2D eigenvalue weighted by Gasteiger charge is -2.08. The lowest BCUT2D eigenvalue weighted by Crippen LogP contribution is -2.23. The van der Waals surface area contributed by atoms with Gasteiger partial charge in [0.1, 0.15) is 5.58 Å². The van der Waals surface area contributed by atoms with Crippen LogP contribution in [0.5, 0.6) is 0 Å². The van der Waals surface area contributed by atoms with Crippen LogP contribution in [0.15, 0.2) is 73.3 Å². The highest BCUT2D eigenvalue weighted by molar-refractivity contribution is 9.10. The van der Waals surface area contributed by atoms with Crippen molar-refractivity contribution in [2.75, 3.05) is 5.32 Å². The Hall–Kier alpha value is -3.26. The fourth-order valence-electron chi connectivity index (χ4n) is 2.89. The van der Waals surface area contributed by atoms with E-state index in [0.717, 1.165) is 4.47 Å². The summed E-state index contributed by atoms with van der Waals surface area (Å²) < 4.78 is 7.28. The Morgan fingerprint density at radius 3 is 2.82 bits per heavy atom. The minimum atomic E-state index is -0.425. The van der Waals surface area contributed by atoms with E-state index < -0.39 is 5.63 Å². The van der Waals surface area contributed by atoms with Crippen molar-refractivity contribution >= 4 is 49.4 Å². The molecule has 0 saturated carbocycles. The van der Waals surface area contributed by atoms with Gasteiger partial charge in [-0.2, -0.15) is 0 Å². The third kappa shape index (κ3) is 3.72. The lowest BCUT2D eigenvalue weighted by atomic mass is 10.2. The highest BCUT2D eigenvalue weighted by Crippen LogP contribution is 2.18. The van der Waals surface area contributed by atoms with E-state index >= 15 is 0 Å². The van der Waals surface area contributed by atoms with Gasteiger partial charge in [-0.25, -0.2) is 9.78 Å². The number of aryl methyl sites for hydroxylation is 1. The van der Waals surface area contributed by atoms with Gasteiger partial charge in [0.25, 0.3) is 5.56 Å². The van der Waals surface area contributed by atoms with Gasteiger partial charge in [0, 0.05) is 34.6 Å². The first-order valence-corrected chi connectivity index (χ1v) is 9.27. The summed E-state index contributed by atoms with van der Waals surface area (Å²) in [7, 11) is 0. The van der Waals surface area contributed by atoms with Gasteiger partial charge in [-0.1, -0.05) is 15.9 Å². The molecule has 0 radical (unpaired) electrons. The predicted molar refractivity (Wildman–Crippen MR) is 109 cm³/mol. The van der Waals surface area contributed by atoms with Crippen LogP contribution < -0.4 is 16.5 Å². The van der Waals surface area contributed by atoms with Crippen LogP contribution in [0.3, 0.4) is 0 Å². The minimum absolute atomic E-state index is 0.114. The Morgan fingerprint density at radius 2 is 1.96 bits per heavy atom. The third-order valence-corrected chi connectivity index (χ3v) is 4.76. The maximum atomic E-state index is 12.6. The number of fused-ring (bicyclic) bond motifs is 2. The standard InChI is InChI=1S/C20H14BrN3O4/c21-13-2-4-16-15(10-13)20(27)24(11-22-16)8-7-18(25)23-14-3-5-17-12(9-14)1-6-19(26)28-17/h1-6,9-11H,7-8H2,(H,23,25). The molecular formula is C20H14BrN3O4. The summed E-state index contributed by atoms with van der Waals surface area (Å²) >= 11 is 3.35. The van der Waals surface area contributed by atoms with E-state index in [4.69, 9.17) is 4.42 Å². The minimum Gasteiger partial charge on any atom is -0.423 e. The van der Waals surface area contributed by atoms with Crippen molar-refractivity contribution in [1.29, 1.82) is 0 Å². The SMILES string of the molecule is O=C(CCn1cnc2ccc(Br)cc2c1=O)Nc1ccc2oc(=O)ccc2c1. The summed E-state index contributed by atoms with van der Waals surface area (Å²) in [4.78, 5) is 40.3. The molecule has 0 atom stereocenters. The second-order valence-corrected chi connectivity index (χ2v) is 7.13. The number of amides is 1. The Bertz CT molecular complexity index is 1330. The molecule has 0 aliphatic rings. The molecule has 0 unspecified atom stereocenters. The van der Waals surface area contributed by atoms with Crippen LogP contribution >= 0.6 is 15.9 Å². The average Bonchev–Trinajstić information content (AvgIpc) is 2.68. The van der Waals surface area contributed by atoms with Gasteiger partial charge in [-0.15, -0.1) is 0 Å². The number of anilines is 1. The number of carbonyl (C=O) groups is 1. The summed E-state index contributed by atoms with van der Waals surface area (Å²) in [5, 5.41) is 3.98. The third-order valence-electron chi connectivity index (χ3n) is 4.27. The van der Waals surface area contributed by atoms with E-state index in [2.05, 4.69) is 26.2 Å². The molecule has 1 amide bonds. The van der Waals surface area contributed by atoms with Crippen LogP contribution in [0.1, 0.15) is 6.42 Å². The van der Waals surface area contributed by atoms with Crippen molar-refractivity contribution in [3.63, 3.8) is 0 Å². The maximum Gasteiger partial charge on any atom is 0.336 e. The highest BCUT2D eigenvalue weighted by atomic mass is 79.9. The molecule has 2 aromatic carbocycles. The second-order valence-electron chi connectivity index (χ2n) is 6.21. The van der Waals surface area contributed by atoms with Gasteiger partial charge in [0.15, 0.2) is 0 Å². The van der Waals surface area contributed by atoms with Gasteiger partial charge in [0.05, 0.1) is 17.2 Å². The summed E-state index contributed by atoms with van der Waals surface area (Å²) in [6, 6.07) is 13.3. The Kier molecular flexibility index (Phi) is 4.79. The number of rotatable bonds is 4. The molecular weight excluding hydrogens is 426 g/mol. The Labute approximate surface area is 166 Å². The molecule has 7 nitrogen and oxygen atoms in total. The second kappa shape index (κ2) is 7.40. The molecule has 2 heterocycles. The number of benzene rings is 2. The first-order valence-electron chi connectivity index (χ1n) is 8.48. The highest BCUT2D eigenvalue weighted by Gasteiger charge is 2.08. The van der Waals surface area contributed by atoms with Crippen LogP contribution in [-0.4, -0.2) is 15.5 Å². The molecule has 0 aliphatic carbocycles. The molecule has 28 heavy (non-hydrogen) atoms. The summed E-state index contributed by atoms with van der Waals surface area (Å²) in [6.07, 6.45) is 1.56. The zero-order valence-corrected chi connectivity index (χ0v) is 16.1. The predicted octanol–water partition coefficient (Wildman–Crippen LogP) is 3.29. The van der Waals surface area contributed by atoms with Crippen LogP contribution in [0, 0.1) is 0 Å². The van der Waals surface area contributed by atoms with Crippen molar-refractivity contribution in [2.24, 2.45) is 0 Å². The molecule has 0 aliphatic heterocycles. The van der Waals surface area contributed by atoms with E-state index in [0.29, 0.717) is 27.6 Å². The summed E-state index contributed by atoms with van der Waals surface area (Å²) in [6.45, 7) is 0.211. The fourth-order valence-corrected chi connectivity index (χ4v) is 3.25. The molecule has 0 bridgehead atoms. The number of hydrogen-bond acceptors (Lipinski definition) is 5. The van der Waals surface area contributed by atoms with E-state index in [1.54, 1.807) is 36.4 Å². The van der Waals surface area contributed by atoms with Crippen molar-refractivity contribution in [2.45, 2.75) is 13.0 Å². The van der Waals surface area contributed by atoms with Crippen molar-refractivity contribution in [3.05, 3.63) is 80.1 Å². The van der Waals surface area contributed by atoms with Crippen LogP contribution in [0.25, 0.3) is 21.9 Å². The topological polar surface area (TPSA) is 94.2 Å². The number of hydrogen-bond donors (Lipinski definition) is 1. The Morgan fingerprint density at radius 1 is 1.11 bits per heavy atom. The van der Waals surface area contributed by atoms with E-state index in [-0.39, 0.29) is 24.4 Å². The number of carbonyl (C=O) groups excluding carboxylic acids is 1. The van der Waals surface area contributed by atoms with Crippen LogP contribution in [0.2, 0.25) is 0 Å². The van der Waals surface area contributed by atoms with Gasteiger partial charge < -0.3 is 9.73 Å². The molecule has 4 aromatic rings. The first-order chi connectivity index (χ1) is 13.5. The van der Waals surface area contributed by atoms with Gasteiger partial charge >= 0.3 is 5.63 Å². The largest absolute Gasteiger partial charge is 0.423 e. The molecule has 4 rings (SSSR count). The van der Waals surface area contributed by atoms with Crippen LogP contribution in [-0.2, 0) is 11.3 Å². The molecule has 0 fully saturated rings. The van der Waals surface area contributed by atoms with E-state index in [9.17, 15) is 14.4 Å². The van der Waals surface area contributed by atoms with E-state index in [1.165, 1.54) is 17.0 Å². The number of halogens is 1. The fraction of sp³-hybridized carbons (Fsp3) is 0.100. The van der Waals surface area contributed by atoms with Gasteiger partial charge in [-0.05, 0) is 42.5 Å². The van der Waals surface area contributed by atoms with Crippen molar-refractivity contribution in [1.82, 2.24) is 9.55 Å². The lowest BCUT2D eigenvalue weighted by molar-refractivity contribution is -0.116. The zero-order chi connectivity index (χ0) is 19.7. The summed E-state index contributed by atoms with van der Waals surface area (Å²) in [5.74, 6) is -0.238. The quantitative estimate of drug-likeness (QED) is 0.492. The number of aromatic nitrogens is 2. The molecule has 2 aromatic heterocycles. The smallest absolute Gasteiger partial charge is 0.336 e. The first kappa shape index (κ1) is 18.1. The maximum absolute atomic E-state index is 12.6. The molecule has 140 valence electrons. The zero-order valence-electron chi connectivity index (χ0n) is 14.5.